The third-order valence-corrected chi connectivity index (χ3v) is 13.9. The Hall–Kier alpha value is -5.70. The van der Waals surface area contributed by atoms with E-state index in [1.807, 2.05) is 49.9 Å². The number of aromatic amines is 2. The van der Waals surface area contributed by atoms with Gasteiger partial charge in [-0.25, -0.2) is 19.6 Å². The molecule has 1 spiro atoms. The van der Waals surface area contributed by atoms with Gasteiger partial charge in [0.25, 0.3) is 0 Å². The number of likely N-dealkylation sites (N-methyl/N-ethyl adjacent to an activating group) is 1. The van der Waals surface area contributed by atoms with E-state index in [0.29, 0.717) is 13.1 Å². The molecular formula is C48H63N9O6. The van der Waals surface area contributed by atoms with Crippen LogP contribution in [0.4, 0.5) is 9.59 Å². The first kappa shape index (κ1) is 43.9. The summed E-state index contributed by atoms with van der Waals surface area (Å²) in [6, 6.07) is 11.4. The molecule has 15 nitrogen and oxygen atoms in total. The van der Waals surface area contributed by atoms with Crippen LogP contribution >= 0.6 is 0 Å². The molecule has 0 bridgehead atoms. The molecule has 5 heterocycles. The van der Waals surface area contributed by atoms with Crippen molar-refractivity contribution in [3.05, 3.63) is 71.6 Å². The lowest BCUT2D eigenvalue weighted by Crippen LogP contribution is -2.51. The molecule has 1 aliphatic carbocycles. The van der Waals surface area contributed by atoms with Crippen molar-refractivity contribution in [3.63, 3.8) is 0 Å². The number of amides is 4. The summed E-state index contributed by atoms with van der Waals surface area (Å²) in [6.07, 6.45) is 10.1. The normalized spacial score (nSPS) is 22.1. The summed E-state index contributed by atoms with van der Waals surface area (Å²) in [5.41, 5.74) is 9.25. The number of methoxy groups -OCH3 is 2. The molecule has 0 saturated carbocycles. The van der Waals surface area contributed by atoms with Gasteiger partial charge in [0.15, 0.2) is 0 Å². The number of nitrogens with zero attached hydrogens (tertiary/aromatic N) is 5. The second-order valence-corrected chi connectivity index (χ2v) is 18.7. The van der Waals surface area contributed by atoms with E-state index in [0.717, 1.165) is 104 Å². The number of carbonyl (C=O) groups excluding carboxylic acids is 4. The van der Waals surface area contributed by atoms with Gasteiger partial charge in [-0.3, -0.25) is 9.59 Å². The van der Waals surface area contributed by atoms with Crippen molar-refractivity contribution in [3.8, 4) is 33.6 Å². The molecule has 15 heteroatoms. The van der Waals surface area contributed by atoms with Crippen molar-refractivity contribution in [1.82, 2.24) is 45.3 Å². The fourth-order valence-corrected chi connectivity index (χ4v) is 10.7. The van der Waals surface area contributed by atoms with Crippen LogP contribution in [0.2, 0.25) is 0 Å². The first-order valence-corrected chi connectivity index (χ1v) is 22.7. The van der Waals surface area contributed by atoms with Crippen molar-refractivity contribution in [2.75, 3.05) is 47.4 Å². The van der Waals surface area contributed by atoms with Crippen LogP contribution in [-0.4, -0.2) is 118 Å². The standard InChI is InChI=1S/C48H63N9O6/c1-28(2)40(53-46(60)62-6)44(58)56-22-9-12-37(56)42-49-25-35(51-42)31-16-14-30(15-17-31)32-18-19-33(34-11-8-20-48(39(32)34)21-24-55(5)27-48)36-26-50-43(52-36)38-13-10-23-57(38)45(59)41(29(3)4)54-47(61)63-7/h14-19,25-26,28-29,37-38,40-41H,8-13,20-24,27H2,1-7H3,(H,49,51)(H,50,52)(H,53,60)(H,54,61)/t37-,38-,40-,41-,48?/m0/s1. The zero-order valence-electron chi connectivity index (χ0n) is 37.8. The number of aromatic nitrogens is 4. The van der Waals surface area contributed by atoms with Crippen LogP contribution in [0.3, 0.4) is 0 Å². The van der Waals surface area contributed by atoms with Gasteiger partial charge in [-0.15, -0.1) is 0 Å². The predicted molar refractivity (Wildman–Crippen MR) is 239 cm³/mol. The fraction of sp³-hybridized carbons (Fsp3) is 0.542. The third kappa shape index (κ3) is 8.55. The molecule has 4 amide bonds. The van der Waals surface area contributed by atoms with Gasteiger partial charge in [0.1, 0.15) is 23.7 Å². The number of hydrogen-bond donors (Lipinski definition) is 4. The molecule has 0 radical (unpaired) electrons. The molecule has 3 fully saturated rings. The summed E-state index contributed by atoms with van der Waals surface area (Å²) in [5, 5.41) is 5.48. The number of H-pyrrole nitrogens is 2. The Labute approximate surface area is 370 Å². The molecular weight excluding hydrogens is 799 g/mol. The molecule has 5 atom stereocenters. The van der Waals surface area contributed by atoms with Gasteiger partial charge < -0.3 is 44.8 Å². The zero-order valence-corrected chi connectivity index (χ0v) is 37.8. The van der Waals surface area contributed by atoms with E-state index in [4.69, 9.17) is 19.4 Å². The van der Waals surface area contributed by atoms with Crippen LogP contribution in [0.25, 0.3) is 33.6 Å². The number of benzene rings is 2. The molecule has 4 aromatic rings. The Morgan fingerprint density at radius 1 is 0.698 bits per heavy atom. The second kappa shape index (κ2) is 18.2. The van der Waals surface area contributed by atoms with Crippen molar-refractivity contribution < 1.29 is 28.7 Å². The second-order valence-electron chi connectivity index (χ2n) is 18.7. The molecule has 8 rings (SSSR count). The number of rotatable bonds is 11. The van der Waals surface area contributed by atoms with Gasteiger partial charge in [0.2, 0.25) is 11.8 Å². The van der Waals surface area contributed by atoms with Gasteiger partial charge in [-0.05, 0) is 105 Å². The average molecular weight is 862 g/mol. The molecule has 2 aromatic heterocycles. The highest BCUT2D eigenvalue weighted by Crippen LogP contribution is 2.50. The van der Waals surface area contributed by atoms with E-state index in [-0.39, 0.29) is 41.1 Å². The van der Waals surface area contributed by atoms with Crippen molar-refractivity contribution >= 4 is 24.0 Å². The summed E-state index contributed by atoms with van der Waals surface area (Å²) in [4.78, 5) is 74.9. The summed E-state index contributed by atoms with van der Waals surface area (Å²) in [6.45, 7) is 10.9. The summed E-state index contributed by atoms with van der Waals surface area (Å²) < 4.78 is 9.64. The largest absolute Gasteiger partial charge is 0.453 e. The lowest BCUT2D eigenvalue weighted by atomic mass is 9.66. The molecule has 63 heavy (non-hydrogen) atoms. The Kier molecular flexibility index (Phi) is 12.7. The van der Waals surface area contributed by atoms with E-state index < -0.39 is 24.3 Å². The minimum atomic E-state index is -0.694. The first-order chi connectivity index (χ1) is 30.3. The first-order valence-electron chi connectivity index (χ1n) is 22.7. The van der Waals surface area contributed by atoms with E-state index in [2.05, 4.69) is 68.9 Å². The third-order valence-electron chi connectivity index (χ3n) is 13.9. The maximum atomic E-state index is 13.9. The smallest absolute Gasteiger partial charge is 0.407 e. The maximum absolute atomic E-state index is 13.9. The summed E-state index contributed by atoms with van der Waals surface area (Å²) >= 11 is 0. The lowest BCUT2D eigenvalue weighted by Gasteiger charge is -2.39. The molecule has 4 N–H and O–H groups in total. The van der Waals surface area contributed by atoms with Crippen LogP contribution in [0.5, 0.6) is 0 Å². The number of ether oxygens (including phenoxy) is 2. The average Bonchev–Trinajstić information content (AvgIpc) is 4.14. The quantitative estimate of drug-likeness (QED) is 0.122. The highest BCUT2D eigenvalue weighted by atomic mass is 16.5. The van der Waals surface area contributed by atoms with Gasteiger partial charge in [-0.1, -0.05) is 64.1 Å². The fourth-order valence-electron chi connectivity index (χ4n) is 10.7. The SMILES string of the molecule is COC(=O)N[C@H](C(=O)N1CCC[C@H]1c1ncc(-c2ccc(-c3ccc(-c4cnc([C@@H]5CCCN5C(=O)[C@@H](NC(=O)OC)C(C)C)[nH]4)c4c3C3(CCC4)CCN(C)C3)cc2)[nH]1)C(C)C. The Bertz CT molecular complexity index is 2320. The molecule has 336 valence electrons. The van der Waals surface area contributed by atoms with Crippen LogP contribution in [0, 0.1) is 11.8 Å². The number of imidazole rings is 2. The number of fused-ring (bicyclic) bond motifs is 2. The topological polar surface area (TPSA) is 178 Å². The van der Waals surface area contributed by atoms with E-state index >= 15 is 0 Å². The maximum Gasteiger partial charge on any atom is 0.407 e. The number of alkyl carbamates (subject to hydrolysis) is 2. The molecule has 3 saturated heterocycles. The molecule has 3 aliphatic heterocycles. The highest BCUT2D eigenvalue weighted by Gasteiger charge is 2.44. The van der Waals surface area contributed by atoms with Crippen LogP contribution in [0.1, 0.15) is 108 Å². The number of likely N-dealkylation sites (tertiary alicyclic amines) is 3. The summed E-state index contributed by atoms with van der Waals surface area (Å²) in [7, 11) is 4.83. The lowest BCUT2D eigenvalue weighted by molar-refractivity contribution is -0.136. The van der Waals surface area contributed by atoms with Crippen LogP contribution < -0.4 is 10.6 Å². The molecule has 1 unspecified atom stereocenters. The zero-order chi connectivity index (χ0) is 44.6. The van der Waals surface area contributed by atoms with Gasteiger partial charge in [0.05, 0.1) is 50.1 Å². The van der Waals surface area contributed by atoms with E-state index in [1.54, 1.807) is 0 Å². The van der Waals surface area contributed by atoms with E-state index in [9.17, 15) is 19.2 Å². The molecule has 2 aromatic carbocycles. The minimum Gasteiger partial charge on any atom is -0.453 e. The van der Waals surface area contributed by atoms with Crippen molar-refractivity contribution in [1.29, 1.82) is 0 Å². The van der Waals surface area contributed by atoms with Crippen molar-refractivity contribution in [2.24, 2.45) is 11.8 Å². The van der Waals surface area contributed by atoms with E-state index in [1.165, 1.54) is 30.9 Å². The van der Waals surface area contributed by atoms with Gasteiger partial charge in [-0.2, -0.15) is 0 Å². The van der Waals surface area contributed by atoms with Crippen LogP contribution in [0.15, 0.2) is 48.8 Å². The Balaban J connectivity index is 1.07. The van der Waals surface area contributed by atoms with Gasteiger partial charge >= 0.3 is 12.2 Å². The Morgan fingerprint density at radius 3 is 1.75 bits per heavy atom. The van der Waals surface area contributed by atoms with Gasteiger partial charge in [0, 0.05) is 30.6 Å². The number of hydrogen-bond acceptors (Lipinski definition) is 9. The summed E-state index contributed by atoms with van der Waals surface area (Å²) in [5.74, 6) is 1.03. The minimum absolute atomic E-state index is 0.0339. The van der Waals surface area contributed by atoms with Crippen LogP contribution in [-0.2, 0) is 30.9 Å². The monoisotopic (exact) mass is 861 g/mol. The number of carbonyl (C=O) groups is 4. The highest BCUT2D eigenvalue weighted by molar-refractivity contribution is 5.87. The predicted octanol–water partition coefficient (Wildman–Crippen LogP) is 7.13. The number of nitrogens with one attached hydrogen (secondary N) is 4. The Morgan fingerprint density at radius 2 is 1.22 bits per heavy atom. The molecule has 4 aliphatic rings. The van der Waals surface area contributed by atoms with Crippen molar-refractivity contribution in [2.45, 2.75) is 109 Å².